The summed E-state index contributed by atoms with van der Waals surface area (Å²) in [5.41, 5.74) is 7.99. The lowest BCUT2D eigenvalue weighted by atomic mass is 9.92. The Morgan fingerprint density at radius 3 is 2.88 bits per heavy atom. The molecule has 0 bridgehead atoms. The van der Waals surface area contributed by atoms with Crippen molar-refractivity contribution in [3.05, 3.63) is 83.4 Å². The van der Waals surface area contributed by atoms with Gasteiger partial charge in [-0.2, -0.15) is 0 Å². The van der Waals surface area contributed by atoms with Crippen molar-refractivity contribution in [1.82, 2.24) is 9.97 Å². The van der Waals surface area contributed by atoms with E-state index in [0.29, 0.717) is 36.5 Å². The van der Waals surface area contributed by atoms with Gasteiger partial charge in [0.2, 0.25) is 5.91 Å². The summed E-state index contributed by atoms with van der Waals surface area (Å²) in [6.07, 6.45) is 5.12. The maximum atomic E-state index is 13.5. The third kappa shape index (κ3) is 5.64. The van der Waals surface area contributed by atoms with Gasteiger partial charge < -0.3 is 21.1 Å². The van der Waals surface area contributed by atoms with Crippen LogP contribution in [-0.4, -0.2) is 46.7 Å². The highest BCUT2D eigenvalue weighted by Crippen LogP contribution is 2.31. The van der Waals surface area contributed by atoms with Crippen LogP contribution in [0.15, 0.2) is 60.9 Å². The topological polar surface area (TPSA) is 104 Å². The average molecular weight is 450 g/mol. The number of benzene rings is 1. The van der Waals surface area contributed by atoms with Gasteiger partial charge in [0, 0.05) is 37.6 Å². The normalized spacial score (nSPS) is 16.9. The van der Waals surface area contributed by atoms with Gasteiger partial charge >= 0.3 is 0 Å². The second-order valence-electron chi connectivity index (χ2n) is 8.28. The molecule has 1 aliphatic rings. The summed E-state index contributed by atoms with van der Waals surface area (Å²) in [6.45, 7) is 1.80. The van der Waals surface area contributed by atoms with Gasteiger partial charge in [0.05, 0.1) is 12.0 Å². The molecule has 3 aromatic rings. The number of piperidine rings is 1. The number of pyridine rings is 2. The molecule has 8 heteroatoms. The molecule has 1 fully saturated rings. The van der Waals surface area contributed by atoms with E-state index in [2.05, 4.69) is 10.3 Å². The number of hydrogen-bond donors (Lipinski definition) is 3. The van der Waals surface area contributed by atoms with Crippen LogP contribution in [0.3, 0.4) is 0 Å². The predicted molar refractivity (Wildman–Crippen MR) is 126 cm³/mol. The third-order valence-corrected chi connectivity index (χ3v) is 5.84. The molecule has 33 heavy (non-hydrogen) atoms. The van der Waals surface area contributed by atoms with E-state index in [9.17, 15) is 14.3 Å². The Bertz CT molecular complexity index is 1100. The van der Waals surface area contributed by atoms with Crippen LogP contribution in [0.1, 0.15) is 35.4 Å². The molecular formula is C25H28FN5O2. The molecule has 3 heterocycles. The van der Waals surface area contributed by atoms with E-state index >= 15 is 0 Å². The molecule has 0 spiro atoms. The van der Waals surface area contributed by atoms with Crippen LogP contribution in [-0.2, 0) is 11.2 Å². The number of primary amides is 1. The van der Waals surface area contributed by atoms with Gasteiger partial charge in [-0.15, -0.1) is 0 Å². The minimum absolute atomic E-state index is 0.276. The van der Waals surface area contributed by atoms with Crippen LogP contribution in [0.25, 0.3) is 0 Å². The van der Waals surface area contributed by atoms with Gasteiger partial charge in [0.25, 0.3) is 0 Å². The predicted octanol–water partition coefficient (Wildman–Crippen LogP) is 2.85. The molecule has 2 aromatic heterocycles. The van der Waals surface area contributed by atoms with Gasteiger partial charge in [0.1, 0.15) is 17.5 Å². The molecule has 0 saturated carbocycles. The van der Waals surface area contributed by atoms with E-state index in [1.54, 1.807) is 24.5 Å². The monoisotopic (exact) mass is 449 g/mol. The number of halogens is 1. The van der Waals surface area contributed by atoms with Crippen molar-refractivity contribution in [2.24, 2.45) is 5.73 Å². The fourth-order valence-corrected chi connectivity index (χ4v) is 4.23. The zero-order valence-electron chi connectivity index (χ0n) is 18.3. The van der Waals surface area contributed by atoms with Crippen LogP contribution in [0.2, 0.25) is 0 Å². The van der Waals surface area contributed by atoms with Crippen molar-refractivity contribution in [3.63, 3.8) is 0 Å². The first kappa shape index (κ1) is 22.7. The van der Waals surface area contributed by atoms with E-state index in [1.165, 1.54) is 12.1 Å². The largest absolute Gasteiger partial charge is 0.391 e. The number of nitrogens with zero attached hydrogens (tertiary/aromatic N) is 3. The second kappa shape index (κ2) is 10.4. The average Bonchev–Trinajstić information content (AvgIpc) is 2.80. The molecule has 4 N–H and O–H groups in total. The van der Waals surface area contributed by atoms with Crippen LogP contribution in [0.5, 0.6) is 0 Å². The number of aliphatic hydroxyl groups excluding tert-OH is 1. The summed E-state index contributed by atoms with van der Waals surface area (Å²) < 4.78 is 13.5. The summed E-state index contributed by atoms with van der Waals surface area (Å²) in [7, 11) is 0. The number of nitrogens with one attached hydrogen (secondary N) is 1. The summed E-state index contributed by atoms with van der Waals surface area (Å²) in [5.74, 6) is -0.234. The Morgan fingerprint density at radius 1 is 1.27 bits per heavy atom. The number of carbonyl (C=O) groups excluding carboxylic acids is 1. The molecule has 1 aliphatic heterocycles. The molecule has 2 unspecified atom stereocenters. The molecule has 1 aromatic carbocycles. The number of aliphatic hydroxyl groups is 1. The molecule has 0 radical (unpaired) electrons. The lowest BCUT2D eigenvalue weighted by molar-refractivity contribution is -0.118. The molecule has 1 amide bonds. The maximum Gasteiger partial charge on any atom is 0.229 e. The van der Waals surface area contributed by atoms with E-state index < -0.39 is 17.9 Å². The fourth-order valence-electron chi connectivity index (χ4n) is 4.23. The molecule has 4 rings (SSSR count). The highest BCUT2D eigenvalue weighted by atomic mass is 19.1. The molecule has 172 valence electrons. The Hall–Kier alpha value is -3.52. The third-order valence-electron chi connectivity index (χ3n) is 5.84. The second-order valence-corrected chi connectivity index (χ2v) is 8.28. The van der Waals surface area contributed by atoms with Crippen molar-refractivity contribution in [2.45, 2.75) is 31.3 Å². The summed E-state index contributed by atoms with van der Waals surface area (Å²) in [4.78, 5) is 23.5. The van der Waals surface area contributed by atoms with E-state index in [1.807, 2.05) is 29.2 Å². The van der Waals surface area contributed by atoms with Gasteiger partial charge in [-0.1, -0.05) is 24.3 Å². The van der Waals surface area contributed by atoms with Crippen LogP contribution in [0.4, 0.5) is 16.0 Å². The van der Waals surface area contributed by atoms with E-state index in [0.717, 1.165) is 30.8 Å². The number of carbonyl (C=O) groups is 1. The van der Waals surface area contributed by atoms with Gasteiger partial charge in [-0.05, 0) is 54.7 Å². The Balaban J connectivity index is 1.64. The van der Waals surface area contributed by atoms with Crippen molar-refractivity contribution < 1.29 is 14.3 Å². The first-order valence-electron chi connectivity index (χ1n) is 11.1. The lowest BCUT2D eigenvalue weighted by Gasteiger charge is -2.31. The zero-order chi connectivity index (χ0) is 23.2. The molecule has 2 atom stereocenters. The van der Waals surface area contributed by atoms with Gasteiger partial charge in [-0.25, -0.2) is 9.37 Å². The highest BCUT2D eigenvalue weighted by molar-refractivity contribution is 5.87. The zero-order valence-corrected chi connectivity index (χ0v) is 18.3. The molecule has 0 aliphatic carbocycles. The van der Waals surface area contributed by atoms with Crippen molar-refractivity contribution >= 4 is 17.5 Å². The van der Waals surface area contributed by atoms with Crippen LogP contribution in [0, 0.1) is 5.82 Å². The first-order valence-corrected chi connectivity index (χ1v) is 11.1. The number of rotatable bonds is 8. The Labute approximate surface area is 192 Å². The minimum atomic E-state index is -0.719. The number of amides is 1. The first-order chi connectivity index (χ1) is 16.0. The van der Waals surface area contributed by atoms with Crippen LogP contribution >= 0.6 is 0 Å². The minimum Gasteiger partial charge on any atom is -0.391 e. The van der Waals surface area contributed by atoms with Crippen molar-refractivity contribution in [2.75, 3.05) is 29.9 Å². The van der Waals surface area contributed by atoms with Gasteiger partial charge in [-0.3, -0.25) is 9.78 Å². The number of nitrogens with two attached hydrogens (primary N) is 1. The maximum absolute atomic E-state index is 13.5. The number of anilines is 2. The number of hydrogen-bond acceptors (Lipinski definition) is 6. The lowest BCUT2D eigenvalue weighted by Crippen LogP contribution is -2.38. The van der Waals surface area contributed by atoms with E-state index in [-0.39, 0.29) is 5.82 Å². The number of β-amino-alcohol motifs (C(OH)–C–C–N with tert-alkyl or cyclic N) is 1. The summed E-state index contributed by atoms with van der Waals surface area (Å²) >= 11 is 0. The van der Waals surface area contributed by atoms with Crippen molar-refractivity contribution in [1.29, 1.82) is 0 Å². The Morgan fingerprint density at radius 2 is 2.15 bits per heavy atom. The molecular weight excluding hydrogens is 421 g/mol. The summed E-state index contributed by atoms with van der Waals surface area (Å²) in [5, 5.41) is 13.4. The summed E-state index contributed by atoms with van der Waals surface area (Å²) in [6, 6.07) is 13.8. The molecule has 1 saturated heterocycles. The standard InChI is InChI=1S/C25H28FN5O2/c26-19-6-1-4-17(14-19)10-12-29-25-21(23(24(27)33)18-5-2-11-28-15-18)8-9-22(30-25)31-13-3-7-20(32)16-31/h1-2,4-6,8-9,11,14-15,20,23,32H,3,7,10,12-13,16H2,(H2,27,33)(H,29,30). The van der Waals surface area contributed by atoms with Crippen molar-refractivity contribution in [3.8, 4) is 0 Å². The smallest absolute Gasteiger partial charge is 0.229 e. The fraction of sp³-hybridized carbons (Fsp3) is 0.320. The quantitative estimate of drug-likeness (QED) is 0.489. The van der Waals surface area contributed by atoms with Gasteiger partial charge in [0.15, 0.2) is 0 Å². The Kier molecular flexibility index (Phi) is 7.14. The number of aromatic nitrogens is 2. The molecule has 7 nitrogen and oxygen atoms in total. The van der Waals surface area contributed by atoms with E-state index in [4.69, 9.17) is 10.7 Å². The highest BCUT2D eigenvalue weighted by Gasteiger charge is 2.26. The SMILES string of the molecule is NC(=O)C(c1cccnc1)c1ccc(N2CCCC(O)C2)nc1NCCc1cccc(F)c1. The van der Waals surface area contributed by atoms with Crippen LogP contribution < -0.4 is 16.0 Å².